The number of halogens is 1. The van der Waals surface area contributed by atoms with Crippen molar-refractivity contribution in [2.24, 2.45) is 0 Å². The second-order valence-electron chi connectivity index (χ2n) is 5.26. The highest BCUT2D eigenvalue weighted by Crippen LogP contribution is 2.26. The molecule has 2 fully saturated rings. The molecule has 0 aromatic heterocycles. The van der Waals surface area contributed by atoms with Crippen LogP contribution in [0.3, 0.4) is 0 Å². The van der Waals surface area contributed by atoms with E-state index in [0.29, 0.717) is 26.2 Å². The van der Waals surface area contributed by atoms with E-state index in [1.54, 1.807) is 6.92 Å². The Morgan fingerprint density at radius 3 is 2.16 bits per heavy atom. The van der Waals surface area contributed by atoms with Gasteiger partial charge in [0.25, 0.3) is 0 Å². The first-order chi connectivity index (χ1) is 8.59. The van der Waals surface area contributed by atoms with Gasteiger partial charge in [0.15, 0.2) is 0 Å². The molecule has 110 valence electrons. The largest absolute Gasteiger partial charge is 0.339 e. The molecular weight excluding hydrogens is 266 g/mol. The van der Waals surface area contributed by atoms with Crippen molar-refractivity contribution in [3.05, 3.63) is 0 Å². The monoisotopic (exact) mass is 289 g/mol. The highest BCUT2D eigenvalue weighted by atomic mass is 35.5. The van der Waals surface area contributed by atoms with Crippen LogP contribution in [0, 0.1) is 0 Å². The molecule has 2 aliphatic heterocycles. The van der Waals surface area contributed by atoms with E-state index < -0.39 is 0 Å². The van der Waals surface area contributed by atoms with Crippen molar-refractivity contribution in [1.82, 2.24) is 15.1 Å². The van der Waals surface area contributed by atoms with Crippen LogP contribution >= 0.6 is 12.4 Å². The van der Waals surface area contributed by atoms with Crippen molar-refractivity contribution in [3.8, 4) is 0 Å². The molecule has 0 saturated carbocycles. The second-order valence-corrected chi connectivity index (χ2v) is 5.26. The van der Waals surface area contributed by atoms with Crippen LogP contribution in [0.1, 0.15) is 33.1 Å². The summed E-state index contributed by atoms with van der Waals surface area (Å²) >= 11 is 0. The second kappa shape index (κ2) is 6.57. The normalized spacial score (nSPS) is 27.1. The van der Waals surface area contributed by atoms with E-state index in [-0.39, 0.29) is 29.8 Å². The van der Waals surface area contributed by atoms with Crippen LogP contribution < -0.4 is 5.32 Å². The fourth-order valence-electron chi connectivity index (χ4n) is 2.97. The fourth-order valence-corrected chi connectivity index (χ4v) is 2.97. The Morgan fingerprint density at radius 2 is 1.74 bits per heavy atom. The van der Waals surface area contributed by atoms with Crippen molar-refractivity contribution >= 4 is 24.2 Å². The van der Waals surface area contributed by atoms with Gasteiger partial charge in [-0.2, -0.15) is 0 Å². The summed E-state index contributed by atoms with van der Waals surface area (Å²) in [4.78, 5) is 27.6. The Morgan fingerprint density at radius 1 is 1.16 bits per heavy atom. The lowest BCUT2D eigenvalue weighted by atomic mass is 9.92. The number of nitrogens with zero attached hydrogens (tertiary/aromatic N) is 2. The zero-order valence-corrected chi connectivity index (χ0v) is 12.6. The third kappa shape index (κ3) is 3.20. The minimum absolute atomic E-state index is 0. The summed E-state index contributed by atoms with van der Waals surface area (Å²) in [5.41, 5.74) is -0.335. The number of rotatable bonds is 2. The Labute approximate surface area is 121 Å². The lowest BCUT2D eigenvalue weighted by Crippen LogP contribution is -2.59. The van der Waals surface area contributed by atoms with Crippen molar-refractivity contribution in [2.75, 3.05) is 32.7 Å². The fraction of sp³-hybridized carbons (Fsp3) is 0.846. The molecule has 2 amide bonds. The zero-order chi connectivity index (χ0) is 13.2. The van der Waals surface area contributed by atoms with E-state index in [4.69, 9.17) is 0 Å². The summed E-state index contributed by atoms with van der Waals surface area (Å²) in [7, 11) is 0. The average Bonchev–Trinajstić information content (AvgIpc) is 2.88. The molecule has 0 spiro atoms. The summed E-state index contributed by atoms with van der Waals surface area (Å²) in [5.74, 6) is 0.331. The maximum absolute atomic E-state index is 12.6. The van der Waals surface area contributed by atoms with Gasteiger partial charge in [0, 0.05) is 33.1 Å². The van der Waals surface area contributed by atoms with Gasteiger partial charge in [0.2, 0.25) is 11.8 Å². The average molecular weight is 290 g/mol. The lowest BCUT2D eigenvalue weighted by Gasteiger charge is -2.39. The highest BCUT2D eigenvalue weighted by Gasteiger charge is 2.42. The summed E-state index contributed by atoms with van der Waals surface area (Å²) in [5, 5.41) is 3.38. The van der Waals surface area contributed by atoms with Crippen molar-refractivity contribution in [3.63, 3.8) is 0 Å². The minimum atomic E-state index is -0.335. The molecular formula is C13H24ClN3O2. The first-order valence-corrected chi connectivity index (χ1v) is 6.89. The van der Waals surface area contributed by atoms with Gasteiger partial charge in [-0.1, -0.05) is 6.92 Å². The highest BCUT2D eigenvalue weighted by molar-refractivity contribution is 5.87. The number of hydrogen-bond acceptors (Lipinski definition) is 3. The Kier molecular flexibility index (Phi) is 5.62. The van der Waals surface area contributed by atoms with Crippen molar-refractivity contribution in [1.29, 1.82) is 0 Å². The molecule has 19 heavy (non-hydrogen) atoms. The zero-order valence-electron chi connectivity index (χ0n) is 11.8. The molecule has 2 heterocycles. The molecule has 1 N–H and O–H groups in total. The molecule has 0 radical (unpaired) electrons. The number of piperazine rings is 1. The molecule has 0 aromatic carbocycles. The van der Waals surface area contributed by atoms with E-state index in [1.165, 1.54) is 0 Å². The van der Waals surface area contributed by atoms with Gasteiger partial charge in [-0.25, -0.2) is 0 Å². The molecule has 2 saturated heterocycles. The SMILES string of the molecule is CCC1(C(=O)N2CCN(C(C)=O)CC2)CCCN1.Cl. The minimum Gasteiger partial charge on any atom is -0.339 e. The first kappa shape index (κ1) is 16.2. The summed E-state index contributed by atoms with van der Waals surface area (Å²) < 4.78 is 0. The molecule has 0 aliphatic carbocycles. The van der Waals surface area contributed by atoms with E-state index in [2.05, 4.69) is 12.2 Å². The number of nitrogens with one attached hydrogen (secondary N) is 1. The van der Waals surface area contributed by atoms with Crippen LogP contribution in [0.5, 0.6) is 0 Å². The van der Waals surface area contributed by atoms with E-state index in [1.807, 2.05) is 9.80 Å². The molecule has 0 aromatic rings. The summed E-state index contributed by atoms with van der Waals surface area (Å²) in [6.07, 6.45) is 2.86. The van der Waals surface area contributed by atoms with E-state index >= 15 is 0 Å². The van der Waals surface area contributed by atoms with Gasteiger partial charge < -0.3 is 15.1 Å². The molecule has 1 unspecified atom stereocenters. The Hall–Kier alpha value is -0.810. The quantitative estimate of drug-likeness (QED) is 0.811. The maximum atomic E-state index is 12.6. The predicted molar refractivity (Wildman–Crippen MR) is 76.3 cm³/mol. The van der Waals surface area contributed by atoms with E-state index in [0.717, 1.165) is 25.8 Å². The lowest BCUT2D eigenvalue weighted by molar-refractivity contribution is -0.143. The Balaban J connectivity index is 0.00000180. The smallest absolute Gasteiger partial charge is 0.242 e. The van der Waals surface area contributed by atoms with Crippen molar-refractivity contribution in [2.45, 2.75) is 38.6 Å². The number of amides is 2. The predicted octanol–water partition coefficient (Wildman–Crippen LogP) is 0.631. The number of hydrogen-bond donors (Lipinski definition) is 1. The molecule has 1 atom stereocenters. The van der Waals surface area contributed by atoms with Crippen LogP contribution in [0.15, 0.2) is 0 Å². The van der Waals surface area contributed by atoms with E-state index in [9.17, 15) is 9.59 Å². The van der Waals surface area contributed by atoms with Crippen LogP contribution in [0.25, 0.3) is 0 Å². The maximum Gasteiger partial charge on any atom is 0.242 e. The third-order valence-corrected chi connectivity index (χ3v) is 4.27. The summed E-state index contributed by atoms with van der Waals surface area (Å²) in [6, 6.07) is 0. The van der Waals surface area contributed by atoms with Gasteiger partial charge in [0.1, 0.15) is 0 Å². The van der Waals surface area contributed by atoms with Crippen LogP contribution in [-0.2, 0) is 9.59 Å². The molecule has 6 heteroatoms. The Bertz CT molecular complexity index is 335. The van der Waals surface area contributed by atoms with Gasteiger partial charge in [0.05, 0.1) is 5.54 Å². The molecule has 5 nitrogen and oxygen atoms in total. The first-order valence-electron chi connectivity index (χ1n) is 6.89. The molecule has 2 aliphatic rings. The summed E-state index contributed by atoms with van der Waals surface area (Å²) in [6.45, 7) is 7.27. The van der Waals surface area contributed by atoms with Gasteiger partial charge in [-0.3, -0.25) is 9.59 Å². The van der Waals surface area contributed by atoms with Gasteiger partial charge in [-0.05, 0) is 25.8 Å². The molecule has 0 bridgehead atoms. The molecule has 2 rings (SSSR count). The van der Waals surface area contributed by atoms with Crippen LogP contribution in [0.4, 0.5) is 0 Å². The topological polar surface area (TPSA) is 52.7 Å². The third-order valence-electron chi connectivity index (χ3n) is 4.27. The van der Waals surface area contributed by atoms with Crippen molar-refractivity contribution < 1.29 is 9.59 Å². The number of carbonyl (C=O) groups excluding carboxylic acids is 2. The standard InChI is InChI=1S/C13H23N3O2.ClH/c1-3-13(5-4-6-14-13)12(18)16-9-7-15(8-10-16)11(2)17;/h14H,3-10H2,1-2H3;1H. The van der Waals surface area contributed by atoms with Crippen LogP contribution in [-0.4, -0.2) is 59.9 Å². The van der Waals surface area contributed by atoms with Gasteiger partial charge in [-0.15, -0.1) is 12.4 Å². The number of carbonyl (C=O) groups is 2. The van der Waals surface area contributed by atoms with Crippen LogP contribution in [0.2, 0.25) is 0 Å². The van der Waals surface area contributed by atoms with Gasteiger partial charge >= 0.3 is 0 Å².